The fourth-order valence-corrected chi connectivity index (χ4v) is 6.46. The van der Waals surface area contributed by atoms with E-state index in [4.69, 9.17) is 18.5 Å². The Balaban J connectivity index is 4.37. The first-order chi connectivity index (χ1) is 24.5. The van der Waals surface area contributed by atoms with Gasteiger partial charge >= 0.3 is 19.8 Å². The third-order valence-electron chi connectivity index (χ3n) is 9.05. The number of unbranched alkanes of at least 4 members (excludes halogenated alkanes) is 22. The molecule has 302 valence electrons. The minimum absolute atomic E-state index is 0.0334. The molecule has 0 heterocycles. The summed E-state index contributed by atoms with van der Waals surface area (Å²) in [7, 11) is 1.48. The van der Waals surface area contributed by atoms with E-state index in [2.05, 4.69) is 26.0 Å². The lowest BCUT2D eigenvalue weighted by atomic mass is 10.0. The van der Waals surface area contributed by atoms with E-state index in [0.717, 1.165) is 51.4 Å². The van der Waals surface area contributed by atoms with Crippen LogP contribution in [0.2, 0.25) is 0 Å². The molecule has 1 N–H and O–H groups in total. The summed E-state index contributed by atoms with van der Waals surface area (Å²) in [5.41, 5.74) is 0. The molecule has 0 bridgehead atoms. The lowest BCUT2D eigenvalue weighted by Crippen LogP contribution is -2.37. The molecule has 0 saturated heterocycles. The van der Waals surface area contributed by atoms with Crippen molar-refractivity contribution in [2.24, 2.45) is 0 Å². The van der Waals surface area contributed by atoms with Crippen LogP contribution in [0.4, 0.5) is 0 Å². The minimum atomic E-state index is -4.37. The van der Waals surface area contributed by atoms with Gasteiger partial charge < -0.3 is 18.9 Å². The van der Waals surface area contributed by atoms with Crippen molar-refractivity contribution in [3.8, 4) is 0 Å². The molecule has 2 atom stereocenters. The van der Waals surface area contributed by atoms with E-state index in [9.17, 15) is 19.0 Å². The molecule has 0 aromatic rings. The fraction of sp³-hybridized carbons (Fsp3) is 0.902. The van der Waals surface area contributed by atoms with E-state index >= 15 is 0 Å². The standard InChI is InChI=1S/C41H80NO8P/c1-6-8-10-12-14-16-18-20-21-22-24-26-28-30-32-34-41(44)50-39(38-49-51(45,46)48-36-35-42(3,4)5)37-47-40(43)33-31-29-27-25-23-19-17-15-13-11-9-7-2/h15,17,39H,6-14,16,18-38H2,1-5H3/p+1/b17-15-. The molecule has 0 amide bonds. The van der Waals surface area contributed by atoms with Crippen LogP contribution in [0.1, 0.15) is 187 Å². The number of phosphoric ester groups is 1. The molecule has 0 spiro atoms. The zero-order valence-corrected chi connectivity index (χ0v) is 34.7. The van der Waals surface area contributed by atoms with Gasteiger partial charge in [0, 0.05) is 12.8 Å². The number of esters is 2. The van der Waals surface area contributed by atoms with Crippen LogP contribution in [0.15, 0.2) is 12.2 Å². The number of carbonyl (C=O) groups is 2. The number of ether oxygens (including phenoxy) is 2. The Kier molecular flexibility index (Phi) is 33.7. The largest absolute Gasteiger partial charge is 0.472 e. The topological polar surface area (TPSA) is 108 Å². The maximum absolute atomic E-state index is 12.6. The second kappa shape index (κ2) is 34.5. The molecule has 9 nitrogen and oxygen atoms in total. The van der Waals surface area contributed by atoms with Crippen LogP contribution in [0.3, 0.4) is 0 Å². The van der Waals surface area contributed by atoms with Crippen molar-refractivity contribution < 1.29 is 42.1 Å². The lowest BCUT2D eigenvalue weighted by Gasteiger charge is -2.24. The summed E-state index contributed by atoms with van der Waals surface area (Å²) in [6.07, 6.45) is 33.9. The molecule has 0 aliphatic heterocycles. The number of likely N-dealkylation sites (N-methyl/N-ethyl adjacent to an activating group) is 1. The smallest absolute Gasteiger partial charge is 0.462 e. The predicted molar refractivity (Wildman–Crippen MR) is 211 cm³/mol. The van der Waals surface area contributed by atoms with Gasteiger partial charge in [-0.05, 0) is 38.5 Å². The minimum Gasteiger partial charge on any atom is -0.462 e. The molecular weight excluding hydrogens is 665 g/mol. The Morgan fingerprint density at radius 3 is 1.49 bits per heavy atom. The number of hydrogen-bond acceptors (Lipinski definition) is 7. The van der Waals surface area contributed by atoms with Crippen LogP contribution in [0.25, 0.3) is 0 Å². The number of allylic oxidation sites excluding steroid dienone is 2. The van der Waals surface area contributed by atoms with Crippen molar-refractivity contribution in [1.29, 1.82) is 0 Å². The van der Waals surface area contributed by atoms with E-state index < -0.39 is 26.5 Å². The van der Waals surface area contributed by atoms with Crippen molar-refractivity contribution in [1.82, 2.24) is 0 Å². The normalized spacial score (nSPS) is 13.8. The van der Waals surface area contributed by atoms with Gasteiger partial charge in [-0.2, -0.15) is 0 Å². The molecule has 10 heteroatoms. The first-order valence-corrected chi connectivity index (χ1v) is 22.4. The van der Waals surface area contributed by atoms with Crippen LogP contribution in [0, 0.1) is 0 Å². The Bertz CT molecular complexity index is 891. The molecule has 0 aromatic carbocycles. The molecule has 0 radical (unpaired) electrons. The molecule has 2 unspecified atom stereocenters. The summed E-state index contributed by atoms with van der Waals surface area (Å²) < 4.78 is 34.2. The zero-order chi connectivity index (χ0) is 37.9. The molecule has 0 aliphatic carbocycles. The van der Waals surface area contributed by atoms with E-state index in [1.54, 1.807) is 0 Å². The van der Waals surface area contributed by atoms with Crippen LogP contribution < -0.4 is 0 Å². The van der Waals surface area contributed by atoms with Gasteiger partial charge in [-0.25, -0.2) is 4.57 Å². The molecule has 0 aliphatic rings. The molecule has 0 aromatic heterocycles. The monoisotopic (exact) mass is 747 g/mol. The first-order valence-electron chi connectivity index (χ1n) is 20.9. The molecule has 51 heavy (non-hydrogen) atoms. The highest BCUT2D eigenvalue weighted by Crippen LogP contribution is 2.43. The highest BCUT2D eigenvalue weighted by molar-refractivity contribution is 7.47. The summed E-state index contributed by atoms with van der Waals surface area (Å²) in [5, 5.41) is 0. The van der Waals surface area contributed by atoms with Gasteiger partial charge in [0.15, 0.2) is 6.10 Å². The summed E-state index contributed by atoms with van der Waals surface area (Å²) in [6.45, 7) is 4.40. The van der Waals surface area contributed by atoms with Gasteiger partial charge in [0.2, 0.25) is 0 Å². The van der Waals surface area contributed by atoms with Gasteiger partial charge in [-0.15, -0.1) is 0 Å². The second-order valence-corrected chi connectivity index (χ2v) is 16.8. The summed E-state index contributed by atoms with van der Waals surface area (Å²) in [6, 6.07) is 0. The van der Waals surface area contributed by atoms with E-state index in [0.29, 0.717) is 17.4 Å². The van der Waals surface area contributed by atoms with Gasteiger partial charge in [-0.1, -0.05) is 148 Å². The number of nitrogens with zero attached hydrogens (tertiary/aromatic N) is 1. The Morgan fingerprint density at radius 1 is 0.588 bits per heavy atom. The molecule has 0 fully saturated rings. The molecular formula is C41H81NO8P+. The number of quaternary nitrogens is 1. The summed E-state index contributed by atoms with van der Waals surface area (Å²) >= 11 is 0. The third kappa shape index (κ3) is 38.3. The Morgan fingerprint density at radius 2 is 1.00 bits per heavy atom. The van der Waals surface area contributed by atoms with E-state index in [1.807, 2.05) is 21.1 Å². The van der Waals surface area contributed by atoms with E-state index in [-0.39, 0.29) is 32.0 Å². The van der Waals surface area contributed by atoms with Crippen LogP contribution >= 0.6 is 7.82 Å². The highest BCUT2D eigenvalue weighted by Gasteiger charge is 2.27. The van der Waals surface area contributed by atoms with Crippen molar-refractivity contribution in [2.75, 3.05) is 47.5 Å². The van der Waals surface area contributed by atoms with Crippen LogP contribution in [-0.4, -0.2) is 74.9 Å². The predicted octanol–water partition coefficient (Wildman–Crippen LogP) is 11.4. The fourth-order valence-electron chi connectivity index (χ4n) is 5.71. The Hall–Kier alpha value is -1.25. The van der Waals surface area contributed by atoms with Crippen molar-refractivity contribution in [2.45, 2.75) is 193 Å². The maximum atomic E-state index is 12.6. The summed E-state index contributed by atoms with van der Waals surface area (Å²) in [5.74, 6) is -0.802. The number of hydrogen-bond donors (Lipinski definition) is 1. The summed E-state index contributed by atoms with van der Waals surface area (Å²) in [4.78, 5) is 35.2. The number of phosphoric acid groups is 1. The average molecular weight is 747 g/mol. The van der Waals surface area contributed by atoms with Crippen LogP contribution in [0.5, 0.6) is 0 Å². The number of rotatable bonds is 38. The Labute approximate surface area is 314 Å². The second-order valence-electron chi connectivity index (χ2n) is 15.4. The van der Waals surface area contributed by atoms with Gasteiger partial charge in [0.05, 0.1) is 27.7 Å². The zero-order valence-electron chi connectivity index (χ0n) is 33.9. The van der Waals surface area contributed by atoms with Crippen LogP contribution in [-0.2, 0) is 32.7 Å². The van der Waals surface area contributed by atoms with Crippen molar-refractivity contribution in [3.63, 3.8) is 0 Å². The highest BCUT2D eigenvalue weighted by atomic mass is 31.2. The average Bonchev–Trinajstić information content (AvgIpc) is 3.07. The molecule has 0 rings (SSSR count). The SMILES string of the molecule is CCCCC/C=C\CCCCCCCC(=O)OCC(COP(=O)(O)OCC[N+](C)(C)C)OC(=O)CCCCCCCCCCCCCCCCC. The molecule has 0 saturated carbocycles. The van der Waals surface area contributed by atoms with Gasteiger partial charge in [0.1, 0.15) is 19.8 Å². The lowest BCUT2D eigenvalue weighted by molar-refractivity contribution is -0.870. The van der Waals surface area contributed by atoms with Gasteiger partial charge in [-0.3, -0.25) is 18.6 Å². The quantitative estimate of drug-likeness (QED) is 0.0219. The van der Waals surface area contributed by atoms with Crippen molar-refractivity contribution >= 4 is 19.8 Å². The van der Waals surface area contributed by atoms with E-state index in [1.165, 1.54) is 103 Å². The maximum Gasteiger partial charge on any atom is 0.472 e. The number of carbonyl (C=O) groups excluding carboxylic acids is 2. The first kappa shape index (κ1) is 49.8. The van der Waals surface area contributed by atoms with Crippen molar-refractivity contribution in [3.05, 3.63) is 12.2 Å². The van der Waals surface area contributed by atoms with Gasteiger partial charge in [0.25, 0.3) is 0 Å². The third-order valence-corrected chi connectivity index (χ3v) is 10.0.